The van der Waals surface area contributed by atoms with Crippen LogP contribution >= 0.6 is 0 Å². The van der Waals surface area contributed by atoms with Crippen molar-refractivity contribution in [2.24, 2.45) is 0 Å². The maximum atomic E-state index is 13.0. The molecule has 1 aliphatic heterocycles. The van der Waals surface area contributed by atoms with Crippen LogP contribution in [0.5, 0.6) is 0 Å². The van der Waals surface area contributed by atoms with Crippen molar-refractivity contribution in [1.29, 1.82) is 0 Å². The second-order valence-electron chi connectivity index (χ2n) is 7.57. The Morgan fingerprint density at radius 1 is 1.24 bits per heavy atom. The quantitative estimate of drug-likeness (QED) is 0.561. The lowest BCUT2D eigenvalue weighted by atomic mass is 9.94. The van der Waals surface area contributed by atoms with Crippen LogP contribution in [0.25, 0.3) is 11.3 Å². The number of aromatic amines is 1. The van der Waals surface area contributed by atoms with Crippen molar-refractivity contribution in [3.8, 4) is 0 Å². The number of rotatable bonds is 2. The van der Waals surface area contributed by atoms with Gasteiger partial charge in [0.1, 0.15) is 0 Å². The lowest BCUT2D eigenvalue weighted by molar-refractivity contribution is 0.0699. The molecule has 29 heavy (non-hydrogen) atoms. The fourth-order valence-electron chi connectivity index (χ4n) is 3.96. The van der Waals surface area contributed by atoms with Gasteiger partial charge in [0.15, 0.2) is 17.0 Å². The van der Waals surface area contributed by atoms with Crippen molar-refractivity contribution < 1.29 is 4.79 Å². The second kappa shape index (κ2) is 6.54. The predicted octanol–water partition coefficient (Wildman–Crippen LogP) is 1.70. The standard InChI is InChI=1S/C20H21N7O2/c1-12-13(2)22-18-9-15(24-27(18)19(12)28)14-5-3-7-25(11-14)20(29)16-10-17-21-6-4-8-26(17)23-16/h4,6,8-10,14,24H,3,5,7,11H2,1-2H3/t14-/m1/s1. The van der Waals surface area contributed by atoms with Crippen LogP contribution in [0.3, 0.4) is 0 Å². The highest BCUT2D eigenvalue weighted by atomic mass is 16.2. The first-order valence-corrected chi connectivity index (χ1v) is 9.70. The van der Waals surface area contributed by atoms with Crippen LogP contribution in [0.15, 0.2) is 35.4 Å². The van der Waals surface area contributed by atoms with Gasteiger partial charge in [-0.2, -0.15) is 5.10 Å². The van der Waals surface area contributed by atoms with E-state index < -0.39 is 0 Å². The molecular weight excluding hydrogens is 370 g/mol. The van der Waals surface area contributed by atoms with E-state index in [1.54, 1.807) is 36.0 Å². The molecule has 5 rings (SSSR count). The van der Waals surface area contributed by atoms with Gasteiger partial charge >= 0.3 is 0 Å². The number of fused-ring (bicyclic) bond motifs is 2. The molecule has 0 saturated carbocycles. The molecule has 1 atom stereocenters. The normalized spacial score (nSPS) is 17.3. The molecule has 9 nitrogen and oxygen atoms in total. The van der Waals surface area contributed by atoms with Gasteiger partial charge in [-0.1, -0.05) is 0 Å². The minimum Gasteiger partial charge on any atom is -0.337 e. The van der Waals surface area contributed by atoms with Crippen molar-refractivity contribution >= 4 is 17.2 Å². The summed E-state index contributed by atoms with van der Waals surface area (Å²) < 4.78 is 3.10. The zero-order chi connectivity index (χ0) is 20.1. The van der Waals surface area contributed by atoms with Gasteiger partial charge in [0, 0.05) is 60.5 Å². The number of hydrogen-bond acceptors (Lipinski definition) is 5. The Balaban J connectivity index is 1.43. The van der Waals surface area contributed by atoms with Crippen molar-refractivity contribution in [2.75, 3.05) is 13.1 Å². The number of nitrogens with zero attached hydrogens (tertiary/aromatic N) is 6. The summed E-state index contributed by atoms with van der Waals surface area (Å²) in [4.78, 5) is 36.1. The van der Waals surface area contributed by atoms with Gasteiger partial charge in [0.25, 0.3) is 11.5 Å². The van der Waals surface area contributed by atoms with Crippen molar-refractivity contribution in [2.45, 2.75) is 32.6 Å². The number of amides is 1. The van der Waals surface area contributed by atoms with Crippen molar-refractivity contribution in [1.82, 2.24) is 34.1 Å². The first kappa shape index (κ1) is 17.6. The summed E-state index contributed by atoms with van der Waals surface area (Å²) in [6.07, 6.45) is 5.28. The minimum atomic E-state index is -0.0988. The summed E-state index contributed by atoms with van der Waals surface area (Å²) in [5, 5.41) is 7.55. The Morgan fingerprint density at radius 3 is 2.93 bits per heavy atom. The van der Waals surface area contributed by atoms with E-state index in [4.69, 9.17) is 0 Å². The van der Waals surface area contributed by atoms with Crippen LogP contribution in [0.2, 0.25) is 0 Å². The van der Waals surface area contributed by atoms with Crippen LogP contribution in [-0.4, -0.2) is 53.1 Å². The van der Waals surface area contributed by atoms with Gasteiger partial charge in [-0.15, -0.1) is 0 Å². The summed E-state index contributed by atoms with van der Waals surface area (Å²) in [5.41, 5.74) is 3.87. The van der Waals surface area contributed by atoms with E-state index in [1.807, 2.05) is 17.9 Å². The smallest absolute Gasteiger partial charge is 0.275 e. The summed E-state index contributed by atoms with van der Waals surface area (Å²) >= 11 is 0. The van der Waals surface area contributed by atoms with Gasteiger partial charge in [-0.25, -0.2) is 19.0 Å². The highest BCUT2D eigenvalue weighted by Gasteiger charge is 2.28. The number of carbonyl (C=O) groups is 1. The fourth-order valence-corrected chi connectivity index (χ4v) is 3.96. The highest BCUT2D eigenvalue weighted by molar-refractivity contribution is 5.93. The topological polar surface area (TPSA) is 101 Å². The van der Waals surface area contributed by atoms with E-state index in [0.29, 0.717) is 35.6 Å². The van der Waals surface area contributed by atoms with Crippen LogP contribution in [0.4, 0.5) is 0 Å². The lowest BCUT2D eigenvalue weighted by Crippen LogP contribution is -2.39. The molecule has 148 valence electrons. The number of carbonyl (C=O) groups excluding carboxylic acids is 1. The van der Waals surface area contributed by atoms with E-state index in [1.165, 1.54) is 4.52 Å². The third-order valence-corrected chi connectivity index (χ3v) is 5.71. The SMILES string of the molecule is Cc1nc2cc([C@@H]3CCCN(C(=O)c4cc5ncccn5n4)C3)[nH]n2c(=O)c1C. The molecular formula is C20H21N7O2. The molecule has 5 heterocycles. The first-order valence-electron chi connectivity index (χ1n) is 9.70. The Morgan fingerprint density at radius 2 is 2.10 bits per heavy atom. The minimum absolute atomic E-state index is 0.0836. The summed E-state index contributed by atoms with van der Waals surface area (Å²) in [7, 11) is 0. The summed E-state index contributed by atoms with van der Waals surface area (Å²) in [6, 6.07) is 5.41. The predicted molar refractivity (Wildman–Crippen MR) is 106 cm³/mol. The summed E-state index contributed by atoms with van der Waals surface area (Å²) in [5.74, 6) is 0.0165. The summed E-state index contributed by atoms with van der Waals surface area (Å²) in [6.45, 7) is 4.88. The first-order chi connectivity index (χ1) is 14.0. The third kappa shape index (κ3) is 2.89. The largest absolute Gasteiger partial charge is 0.337 e. The van der Waals surface area contributed by atoms with Crippen LogP contribution < -0.4 is 5.56 Å². The number of piperidine rings is 1. The molecule has 0 radical (unpaired) electrons. The average molecular weight is 391 g/mol. The zero-order valence-electron chi connectivity index (χ0n) is 16.3. The van der Waals surface area contributed by atoms with E-state index in [2.05, 4.69) is 20.2 Å². The average Bonchev–Trinajstić information content (AvgIpc) is 3.36. The van der Waals surface area contributed by atoms with E-state index >= 15 is 0 Å². The van der Waals surface area contributed by atoms with Crippen LogP contribution in [-0.2, 0) is 0 Å². The second-order valence-corrected chi connectivity index (χ2v) is 7.57. The third-order valence-electron chi connectivity index (χ3n) is 5.71. The Kier molecular flexibility index (Phi) is 3.97. The molecule has 1 aliphatic rings. The van der Waals surface area contributed by atoms with Gasteiger partial charge < -0.3 is 4.90 Å². The molecule has 0 spiro atoms. The van der Waals surface area contributed by atoms with Crippen LogP contribution in [0, 0.1) is 13.8 Å². The fraction of sp³-hybridized carbons (Fsp3) is 0.350. The van der Waals surface area contributed by atoms with Gasteiger partial charge in [-0.05, 0) is 32.8 Å². The molecule has 0 aromatic carbocycles. The molecule has 1 fully saturated rings. The molecule has 0 aliphatic carbocycles. The number of aryl methyl sites for hydroxylation is 1. The van der Waals surface area contributed by atoms with Gasteiger partial charge in [0.05, 0.1) is 0 Å². The zero-order valence-corrected chi connectivity index (χ0v) is 16.3. The molecule has 0 bridgehead atoms. The molecule has 1 N–H and O–H groups in total. The number of nitrogens with one attached hydrogen (secondary N) is 1. The molecule has 4 aromatic rings. The van der Waals surface area contributed by atoms with Crippen molar-refractivity contribution in [3.63, 3.8) is 0 Å². The number of likely N-dealkylation sites (tertiary alicyclic amines) is 1. The van der Waals surface area contributed by atoms with Crippen molar-refractivity contribution in [3.05, 3.63) is 63.6 Å². The van der Waals surface area contributed by atoms with E-state index in [9.17, 15) is 9.59 Å². The molecule has 1 amide bonds. The molecule has 1 saturated heterocycles. The number of aromatic nitrogens is 6. The monoisotopic (exact) mass is 391 g/mol. The van der Waals surface area contributed by atoms with Crippen LogP contribution in [0.1, 0.15) is 46.2 Å². The Labute approximate surface area is 166 Å². The van der Waals surface area contributed by atoms with Gasteiger partial charge in [0.2, 0.25) is 0 Å². The molecule has 0 unspecified atom stereocenters. The number of H-pyrrole nitrogens is 1. The Hall–Kier alpha value is -3.49. The molecule has 4 aromatic heterocycles. The highest BCUT2D eigenvalue weighted by Crippen LogP contribution is 2.27. The maximum absolute atomic E-state index is 13.0. The van der Waals surface area contributed by atoms with E-state index in [-0.39, 0.29) is 17.4 Å². The maximum Gasteiger partial charge on any atom is 0.275 e. The Bertz CT molecular complexity index is 1270. The lowest BCUT2D eigenvalue weighted by Gasteiger charge is -2.31. The van der Waals surface area contributed by atoms with E-state index in [0.717, 1.165) is 24.2 Å². The molecule has 9 heteroatoms. The number of hydrogen-bond donors (Lipinski definition) is 1. The van der Waals surface area contributed by atoms with Gasteiger partial charge in [-0.3, -0.25) is 14.7 Å².